The van der Waals surface area contributed by atoms with Crippen LogP contribution in [-0.2, 0) is 32.7 Å². The van der Waals surface area contributed by atoms with Crippen molar-refractivity contribution in [3.8, 4) is 0 Å². The highest BCUT2D eigenvalue weighted by molar-refractivity contribution is 7.47. The molecule has 0 rings (SSSR count). The van der Waals surface area contributed by atoms with Gasteiger partial charge in [-0.05, 0) is 116 Å². The number of rotatable bonds is 57. The molecular weight excluding hydrogens is 1000 g/mol. The predicted molar refractivity (Wildman–Crippen MR) is 339 cm³/mol. The van der Waals surface area contributed by atoms with E-state index < -0.39 is 32.5 Å². The largest absolute Gasteiger partial charge is 0.472 e. The maximum absolute atomic E-state index is 12.7. The summed E-state index contributed by atoms with van der Waals surface area (Å²) in [6.07, 6.45) is 90.5. The number of phosphoric ester groups is 1. The molecular formula is C69H114NO8P. The van der Waals surface area contributed by atoms with Crippen molar-refractivity contribution in [2.45, 2.75) is 251 Å². The molecule has 0 aliphatic rings. The minimum Gasteiger partial charge on any atom is -0.462 e. The van der Waals surface area contributed by atoms with E-state index in [0.717, 1.165) is 128 Å². The summed E-state index contributed by atoms with van der Waals surface area (Å²) in [5.74, 6) is -0.856. The molecule has 0 saturated carbocycles. The van der Waals surface area contributed by atoms with E-state index in [1.807, 2.05) is 0 Å². The van der Waals surface area contributed by atoms with Gasteiger partial charge in [0.05, 0.1) is 13.2 Å². The smallest absolute Gasteiger partial charge is 0.462 e. The van der Waals surface area contributed by atoms with E-state index >= 15 is 0 Å². The van der Waals surface area contributed by atoms with Gasteiger partial charge in [0.1, 0.15) is 6.61 Å². The van der Waals surface area contributed by atoms with Gasteiger partial charge >= 0.3 is 19.8 Å². The molecule has 0 radical (unpaired) electrons. The van der Waals surface area contributed by atoms with Crippen LogP contribution in [0.15, 0.2) is 146 Å². The predicted octanol–water partition coefficient (Wildman–Crippen LogP) is 20.3. The topological polar surface area (TPSA) is 134 Å². The Labute approximate surface area is 484 Å². The van der Waals surface area contributed by atoms with E-state index in [1.165, 1.54) is 83.5 Å². The lowest BCUT2D eigenvalue weighted by Crippen LogP contribution is -2.29. The lowest BCUT2D eigenvalue weighted by molar-refractivity contribution is -0.161. The monoisotopic (exact) mass is 1120 g/mol. The molecule has 9 nitrogen and oxygen atoms in total. The zero-order valence-corrected chi connectivity index (χ0v) is 50.9. The Morgan fingerprint density at radius 2 is 0.658 bits per heavy atom. The molecule has 0 spiro atoms. The second-order valence-corrected chi connectivity index (χ2v) is 21.6. The number of phosphoric acid groups is 1. The first kappa shape index (κ1) is 74.9. The van der Waals surface area contributed by atoms with Gasteiger partial charge in [-0.2, -0.15) is 0 Å². The fourth-order valence-electron chi connectivity index (χ4n) is 8.17. The second kappa shape index (κ2) is 63.1. The minimum atomic E-state index is -4.41. The normalized spacial score (nSPS) is 14.0. The fourth-order valence-corrected chi connectivity index (χ4v) is 8.94. The van der Waals surface area contributed by atoms with Crippen LogP contribution < -0.4 is 5.73 Å². The van der Waals surface area contributed by atoms with Crippen LogP contribution in [0.5, 0.6) is 0 Å². The molecule has 0 aromatic heterocycles. The van der Waals surface area contributed by atoms with E-state index in [0.29, 0.717) is 6.42 Å². The van der Waals surface area contributed by atoms with Crippen molar-refractivity contribution in [2.75, 3.05) is 26.4 Å². The lowest BCUT2D eigenvalue weighted by atomic mass is 10.0. The summed E-state index contributed by atoms with van der Waals surface area (Å²) in [7, 11) is -4.41. The number of carbonyl (C=O) groups excluding carboxylic acids is 2. The van der Waals surface area contributed by atoms with Gasteiger partial charge < -0.3 is 20.1 Å². The first-order valence-corrected chi connectivity index (χ1v) is 32.8. The van der Waals surface area contributed by atoms with Crippen LogP contribution >= 0.6 is 7.82 Å². The molecule has 2 unspecified atom stereocenters. The van der Waals surface area contributed by atoms with Crippen LogP contribution in [0.3, 0.4) is 0 Å². The highest BCUT2D eigenvalue weighted by atomic mass is 31.2. The molecule has 10 heteroatoms. The lowest BCUT2D eigenvalue weighted by Gasteiger charge is -2.19. The van der Waals surface area contributed by atoms with E-state index in [9.17, 15) is 19.0 Å². The zero-order chi connectivity index (χ0) is 57.3. The van der Waals surface area contributed by atoms with Crippen molar-refractivity contribution < 1.29 is 37.6 Å². The second-order valence-electron chi connectivity index (χ2n) is 20.2. The molecule has 0 amide bonds. The summed E-state index contributed by atoms with van der Waals surface area (Å²) in [6, 6.07) is 0. The standard InChI is InChI=1S/C69H114NO8P/c1-3-5-7-9-11-13-15-17-19-21-23-25-27-29-31-32-33-34-36-37-39-41-43-45-47-49-51-53-55-57-59-61-68(71)75-65-67(66-77-79(73,74)76-64-63-70)78-69(72)62-60-58-56-54-52-50-48-46-44-42-40-38-35-30-28-26-24-22-20-18-16-14-12-10-8-6-4-2/h5-8,11-14,17-20,23-26,29-31,35,40,42,46,48,67H,3-4,9-10,15-16,21-22,27-28,32-34,36-39,41,43-45,47,49-66,70H2,1-2H3,(H,73,74)/b7-5-,8-6-,13-11-,14-12-,19-17-,20-18-,25-23-,26-24-,31-29-,35-30-,42-40-,48-46-. The summed E-state index contributed by atoms with van der Waals surface area (Å²) in [4.78, 5) is 35.3. The third-order valence-electron chi connectivity index (χ3n) is 12.7. The van der Waals surface area contributed by atoms with Gasteiger partial charge in [0.15, 0.2) is 6.10 Å². The maximum atomic E-state index is 12.7. The summed E-state index contributed by atoms with van der Waals surface area (Å²) in [5.41, 5.74) is 5.39. The first-order chi connectivity index (χ1) is 38.8. The van der Waals surface area contributed by atoms with Crippen LogP contribution in [0.1, 0.15) is 245 Å². The zero-order valence-electron chi connectivity index (χ0n) is 50.0. The number of esters is 2. The third kappa shape index (κ3) is 62.9. The van der Waals surface area contributed by atoms with Crippen LogP contribution in [0.2, 0.25) is 0 Å². The van der Waals surface area contributed by atoms with Gasteiger partial charge in [-0.3, -0.25) is 18.6 Å². The maximum Gasteiger partial charge on any atom is 0.472 e. The van der Waals surface area contributed by atoms with Gasteiger partial charge in [-0.1, -0.05) is 262 Å². The summed E-state index contributed by atoms with van der Waals surface area (Å²) < 4.78 is 33.1. The van der Waals surface area contributed by atoms with Gasteiger partial charge in [-0.15, -0.1) is 0 Å². The molecule has 79 heavy (non-hydrogen) atoms. The molecule has 448 valence electrons. The van der Waals surface area contributed by atoms with Crippen LogP contribution in [0, 0.1) is 0 Å². The molecule has 0 bridgehead atoms. The van der Waals surface area contributed by atoms with E-state index in [2.05, 4.69) is 160 Å². The summed E-state index contributed by atoms with van der Waals surface area (Å²) in [5, 5.41) is 0. The van der Waals surface area contributed by atoms with Crippen molar-refractivity contribution in [2.24, 2.45) is 5.73 Å². The molecule has 0 aliphatic carbocycles. The van der Waals surface area contributed by atoms with Crippen molar-refractivity contribution in [1.82, 2.24) is 0 Å². The highest BCUT2D eigenvalue weighted by Crippen LogP contribution is 2.43. The molecule has 0 fully saturated rings. The molecule has 0 saturated heterocycles. The third-order valence-corrected chi connectivity index (χ3v) is 13.7. The average Bonchev–Trinajstić information content (AvgIpc) is 3.44. The molecule has 3 N–H and O–H groups in total. The summed E-state index contributed by atoms with van der Waals surface area (Å²) >= 11 is 0. The highest BCUT2D eigenvalue weighted by Gasteiger charge is 2.26. The minimum absolute atomic E-state index is 0.0427. The summed E-state index contributed by atoms with van der Waals surface area (Å²) in [6.45, 7) is 3.49. The average molecular weight is 1120 g/mol. The first-order valence-electron chi connectivity index (χ1n) is 31.3. The number of hydrogen-bond acceptors (Lipinski definition) is 8. The van der Waals surface area contributed by atoms with Crippen molar-refractivity contribution in [1.29, 1.82) is 0 Å². The van der Waals surface area contributed by atoms with Gasteiger partial charge in [0.2, 0.25) is 0 Å². The number of ether oxygens (including phenoxy) is 2. The molecule has 0 aliphatic heterocycles. The molecule has 0 heterocycles. The van der Waals surface area contributed by atoms with Gasteiger partial charge in [0, 0.05) is 19.4 Å². The fraction of sp³-hybridized carbons (Fsp3) is 0.623. The number of hydrogen-bond donors (Lipinski definition) is 2. The Bertz CT molecular complexity index is 1800. The van der Waals surface area contributed by atoms with Gasteiger partial charge in [-0.25, -0.2) is 4.57 Å². The Hall–Kier alpha value is -4.11. The van der Waals surface area contributed by atoms with E-state index in [-0.39, 0.29) is 32.6 Å². The Kier molecular flexibility index (Phi) is 59.8. The van der Waals surface area contributed by atoms with E-state index in [4.69, 9.17) is 24.3 Å². The molecule has 0 aromatic rings. The number of nitrogens with two attached hydrogens (primary N) is 1. The number of allylic oxidation sites excluding steroid dienone is 24. The number of carbonyl (C=O) groups is 2. The number of unbranched alkanes of at least 4 members (excludes halogenated alkanes) is 20. The Morgan fingerprint density at radius 1 is 0.380 bits per heavy atom. The van der Waals surface area contributed by atoms with Crippen molar-refractivity contribution in [3.63, 3.8) is 0 Å². The van der Waals surface area contributed by atoms with Crippen LogP contribution in [-0.4, -0.2) is 49.3 Å². The molecule has 0 aromatic carbocycles. The SMILES string of the molecule is CC/C=C\C/C=C\C/C=C\C/C=C\C/C=C\C/C=C\C/C=C\CCCCCCCC(=O)OC(COC(=O)CCCCCCCCCCCCCCCCC/C=C\C/C=C\C/C=C\C/C=C\C/C=C\CC)COP(=O)(O)OCCN. The Balaban J connectivity index is 4.01. The quantitative estimate of drug-likeness (QED) is 0.0264. The molecule has 2 atom stereocenters. The van der Waals surface area contributed by atoms with Crippen LogP contribution in [0.25, 0.3) is 0 Å². The van der Waals surface area contributed by atoms with Crippen molar-refractivity contribution in [3.05, 3.63) is 146 Å². The van der Waals surface area contributed by atoms with Gasteiger partial charge in [0.25, 0.3) is 0 Å². The van der Waals surface area contributed by atoms with Crippen LogP contribution in [0.4, 0.5) is 0 Å². The van der Waals surface area contributed by atoms with Crippen molar-refractivity contribution >= 4 is 19.8 Å². The van der Waals surface area contributed by atoms with E-state index in [1.54, 1.807) is 0 Å². The Morgan fingerprint density at radius 3 is 0.975 bits per heavy atom.